The Kier molecular flexibility index (Phi) is 4.54. The number of aromatic nitrogens is 6. The third-order valence-electron chi connectivity index (χ3n) is 5.20. The van der Waals surface area contributed by atoms with E-state index in [0.717, 1.165) is 24.1 Å². The van der Waals surface area contributed by atoms with E-state index in [4.69, 9.17) is 9.98 Å². The first kappa shape index (κ1) is 19.0. The molecule has 31 heavy (non-hydrogen) atoms. The second kappa shape index (κ2) is 7.38. The Labute approximate surface area is 176 Å². The first-order valence-corrected chi connectivity index (χ1v) is 10.1. The lowest BCUT2D eigenvalue weighted by molar-refractivity contribution is 0.454. The van der Waals surface area contributed by atoms with Crippen molar-refractivity contribution in [3.05, 3.63) is 68.7 Å². The van der Waals surface area contributed by atoms with Crippen LogP contribution in [-0.4, -0.2) is 40.7 Å². The van der Waals surface area contributed by atoms with Crippen LogP contribution in [0.1, 0.15) is 42.8 Å². The molecule has 1 aliphatic carbocycles. The van der Waals surface area contributed by atoms with Crippen LogP contribution in [-0.2, 0) is 0 Å². The van der Waals surface area contributed by atoms with Gasteiger partial charge in [-0.1, -0.05) is 6.07 Å². The summed E-state index contributed by atoms with van der Waals surface area (Å²) in [6.07, 6.45) is 7.16. The maximum atomic E-state index is 11.5. The Hall–Kier alpha value is -3.95. The summed E-state index contributed by atoms with van der Waals surface area (Å²) in [6, 6.07) is 6.06. The van der Waals surface area contributed by atoms with E-state index in [9.17, 15) is 9.90 Å². The quantitative estimate of drug-likeness (QED) is 0.381. The summed E-state index contributed by atoms with van der Waals surface area (Å²) in [7, 11) is 0. The molecule has 0 saturated heterocycles. The van der Waals surface area contributed by atoms with Gasteiger partial charge < -0.3 is 15.4 Å². The van der Waals surface area contributed by atoms with Crippen molar-refractivity contribution >= 4 is 17.5 Å². The molecule has 158 valence electrons. The van der Waals surface area contributed by atoms with Crippen molar-refractivity contribution < 1.29 is 5.11 Å². The van der Waals surface area contributed by atoms with Crippen molar-refractivity contribution in [2.24, 2.45) is 4.99 Å². The molecule has 4 aromatic rings. The number of pyridine rings is 1. The van der Waals surface area contributed by atoms with Gasteiger partial charge in [0.25, 0.3) is 0 Å². The van der Waals surface area contributed by atoms with E-state index in [2.05, 4.69) is 25.4 Å². The number of rotatable bonds is 5. The molecular weight excluding hydrogens is 396 g/mol. The molecular formula is C21H22N8O2. The van der Waals surface area contributed by atoms with Gasteiger partial charge in [0.15, 0.2) is 11.1 Å². The number of aromatic hydroxyl groups is 1. The van der Waals surface area contributed by atoms with Crippen LogP contribution in [0.25, 0.3) is 11.7 Å². The van der Waals surface area contributed by atoms with E-state index in [-0.39, 0.29) is 17.6 Å². The zero-order chi connectivity index (χ0) is 21.5. The summed E-state index contributed by atoms with van der Waals surface area (Å²) >= 11 is 0. The molecule has 4 heterocycles. The SMILES string of the molecule is Cc1cccnc1C(C)Nc1cc(=NC2CC2)n2nc/c(=C\c3[nH]c(=O)[nH]c3O)c2n1. The number of hydrogen-bond acceptors (Lipinski definition) is 7. The Morgan fingerprint density at radius 1 is 1.39 bits per heavy atom. The maximum Gasteiger partial charge on any atom is 0.326 e. The smallest absolute Gasteiger partial charge is 0.326 e. The molecule has 4 aromatic heterocycles. The van der Waals surface area contributed by atoms with Gasteiger partial charge in [0.1, 0.15) is 11.5 Å². The molecule has 0 spiro atoms. The summed E-state index contributed by atoms with van der Waals surface area (Å²) in [5.41, 5.74) is 3.08. The number of nitrogens with zero attached hydrogens (tertiary/aromatic N) is 5. The van der Waals surface area contributed by atoms with Crippen molar-refractivity contribution in [3.8, 4) is 5.88 Å². The van der Waals surface area contributed by atoms with Crippen LogP contribution in [0.15, 0.2) is 40.4 Å². The van der Waals surface area contributed by atoms with Gasteiger partial charge in [0.05, 0.1) is 24.0 Å². The van der Waals surface area contributed by atoms with Gasteiger partial charge in [-0.15, -0.1) is 0 Å². The fourth-order valence-corrected chi connectivity index (χ4v) is 3.51. The van der Waals surface area contributed by atoms with E-state index < -0.39 is 5.69 Å². The molecule has 0 radical (unpaired) electrons. The fourth-order valence-electron chi connectivity index (χ4n) is 3.51. The van der Waals surface area contributed by atoms with Crippen molar-refractivity contribution in [1.29, 1.82) is 0 Å². The molecule has 1 atom stereocenters. The molecule has 4 N–H and O–H groups in total. The average Bonchev–Trinajstić information content (AvgIpc) is 3.37. The van der Waals surface area contributed by atoms with E-state index in [0.29, 0.717) is 28.2 Å². The number of fused-ring (bicyclic) bond motifs is 1. The van der Waals surface area contributed by atoms with Gasteiger partial charge >= 0.3 is 5.69 Å². The van der Waals surface area contributed by atoms with Crippen LogP contribution < -0.4 is 21.7 Å². The highest BCUT2D eigenvalue weighted by atomic mass is 16.3. The van der Waals surface area contributed by atoms with Crippen LogP contribution in [0.4, 0.5) is 5.82 Å². The lowest BCUT2D eigenvalue weighted by Crippen LogP contribution is -2.21. The number of hydrogen-bond donors (Lipinski definition) is 4. The number of H-pyrrole nitrogens is 2. The lowest BCUT2D eigenvalue weighted by Gasteiger charge is -2.16. The van der Waals surface area contributed by atoms with E-state index in [1.165, 1.54) is 0 Å². The molecule has 0 amide bonds. The predicted molar refractivity (Wildman–Crippen MR) is 114 cm³/mol. The molecule has 1 saturated carbocycles. The third-order valence-corrected chi connectivity index (χ3v) is 5.20. The van der Waals surface area contributed by atoms with E-state index >= 15 is 0 Å². The molecule has 0 aliphatic heterocycles. The Bertz CT molecular complexity index is 1440. The highest BCUT2D eigenvalue weighted by molar-refractivity contribution is 5.58. The Morgan fingerprint density at radius 3 is 2.94 bits per heavy atom. The summed E-state index contributed by atoms with van der Waals surface area (Å²) in [5, 5.41) is 18.4. The first-order valence-electron chi connectivity index (χ1n) is 10.1. The maximum absolute atomic E-state index is 11.5. The third kappa shape index (κ3) is 3.79. The molecule has 0 aromatic carbocycles. The van der Waals surface area contributed by atoms with Crippen LogP contribution in [0.2, 0.25) is 0 Å². The van der Waals surface area contributed by atoms with Crippen LogP contribution in [0.3, 0.4) is 0 Å². The van der Waals surface area contributed by atoms with Gasteiger partial charge in [0, 0.05) is 17.5 Å². The van der Waals surface area contributed by atoms with Crippen molar-refractivity contribution in [2.75, 3.05) is 5.32 Å². The minimum absolute atomic E-state index is 0.0645. The molecule has 5 rings (SSSR count). The largest absolute Gasteiger partial charge is 0.493 e. The molecule has 1 aliphatic rings. The summed E-state index contributed by atoms with van der Waals surface area (Å²) in [5.74, 6) is 0.409. The van der Waals surface area contributed by atoms with Crippen molar-refractivity contribution in [1.82, 2.24) is 29.5 Å². The first-order chi connectivity index (χ1) is 15.0. The Balaban J connectivity index is 1.63. The van der Waals surface area contributed by atoms with Crippen molar-refractivity contribution in [3.63, 3.8) is 0 Å². The number of nitrogens with one attached hydrogen (secondary N) is 3. The summed E-state index contributed by atoms with van der Waals surface area (Å²) in [4.78, 5) is 30.3. The second-order valence-corrected chi connectivity index (χ2v) is 7.75. The number of imidazole rings is 1. The predicted octanol–water partition coefficient (Wildman–Crippen LogP) is 0.939. The van der Waals surface area contributed by atoms with Gasteiger partial charge in [0.2, 0.25) is 5.88 Å². The molecule has 10 nitrogen and oxygen atoms in total. The number of aryl methyl sites for hydroxylation is 1. The number of anilines is 1. The minimum atomic E-state index is -0.487. The molecule has 0 bridgehead atoms. The number of aromatic amines is 2. The average molecular weight is 418 g/mol. The summed E-state index contributed by atoms with van der Waals surface area (Å²) in [6.45, 7) is 4.06. The summed E-state index contributed by atoms with van der Waals surface area (Å²) < 4.78 is 1.67. The van der Waals surface area contributed by atoms with Crippen molar-refractivity contribution in [2.45, 2.75) is 38.8 Å². The van der Waals surface area contributed by atoms with Crippen LogP contribution >= 0.6 is 0 Å². The van der Waals surface area contributed by atoms with E-state index in [1.54, 1.807) is 23.0 Å². The standard InChI is InChI=1S/C21H22N8O2/c1-11-4-3-7-22-18(11)12(2)24-16-9-17(25-14-5-6-14)29-19(27-16)13(10-23-29)8-15-20(30)28-21(31)26-15/h3-4,7-10,12,14,24,30H,5-6H2,1-2H3,(H2,26,28,31)/b13-8+,25-17?. The topological polar surface area (TPSA) is 136 Å². The zero-order valence-corrected chi connectivity index (χ0v) is 17.1. The molecule has 1 fully saturated rings. The monoisotopic (exact) mass is 418 g/mol. The normalized spacial score (nSPS) is 16.2. The van der Waals surface area contributed by atoms with Crippen LogP contribution in [0.5, 0.6) is 5.88 Å². The Morgan fingerprint density at radius 2 is 2.23 bits per heavy atom. The highest BCUT2D eigenvalue weighted by Crippen LogP contribution is 2.23. The van der Waals surface area contributed by atoms with Gasteiger partial charge in [-0.2, -0.15) is 9.61 Å². The molecule has 10 heteroatoms. The fraction of sp³-hybridized carbons (Fsp3) is 0.286. The molecule has 1 unspecified atom stereocenters. The van der Waals surface area contributed by atoms with Gasteiger partial charge in [-0.3, -0.25) is 15.0 Å². The lowest BCUT2D eigenvalue weighted by atomic mass is 10.1. The minimum Gasteiger partial charge on any atom is -0.493 e. The zero-order valence-electron chi connectivity index (χ0n) is 17.1. The second-order valence-electron chi connectivity index (χ2n) is 7.75. The highest BCUT2D eigenvalue weighted by Gasteiger charge is 2.20. The van der Waals surface area contributed by atoms with Gasteiger partial charge in [-0.05, 0) is 44.4 Å². The van der Waals surface area contributed by atoms with Gasteiger partial charge in [-0.25, -0.2) is 9.78 Å². The van der Waals surface area contributed by atoms with E-state index in [1.807, 2.05) is 32.0 Å². The van der Waals surface area contributed by atoms with Crippen LogP contribution in [0, 0.1) is 6.92 Å².